The van der Waals surface area contributed by atoms with Crippen molar-refractivity contribution in [1.29, 1.82) is 0 Å². The molecule has 102 valence electrons. The van der Waals surface area contributed by atoms with Gasteiger partial charge in [0.25, 0.3) is 0 Å². The van der Waals surface area contributed by atoms with Crippen molar-refractivity contribution in [2.45, 2.75) is 25.4 Å². The quantitative estimate of drug-likeness (QED) is 0.744. The number of nitrogens with two attached hydrogens (primary N) is 1. The van der Waals surface area contributed by atoms with E-state index in [2.05, 4.69) is 15.1 Å². The predicted molar refractivity (Wildman–Crippen MR) is 72.0 cm³/mol. The Balaban J connectivity index is 1.84. The maximum Gasteiger partial charge on any atom is 0.326 e. The van der Waals surface area contributed by atoms with Crippen molar-refractivity contribution in [3.05, 3.63) is 34.6 Å². The van der Waals surface area contributed by atoms with Crippen LogP contribution in [0.5, 0.6) is 0 Å². The second-order valence-corrected chi connectivity index (χ2v) is 4.98. The molecule has 7 heteroatoms. The molecule has 20 heavy (non-hydrogen) atoms. The fourth-order valence-electron chi connectivity index (χ4n) is 2.42. The Kier molecular flexibility index (Phi) is 2.31. The molecule has 4 rings (SSSR count). The van der Waals surface area contributed by atoms with Gasteiger partial charge >= 0.3 is 5.69 Å². The maximum absolute atomic E-state index is 12.0. The zero-order chi connectivity index (χ0) is 13.7. The van der Waals surface area contributed by atoms with Crippen LogP contribution in [-0.2, 0) is 6.54 Å². The fourth-order valence-corrected chi connectivity index (χ4v) is 2.42. The van der Waals surface area contributed by atoms with E-state index in [0.29, 0.717) is 17.8 Å². The van der Waals surface area contributed by atoms with Crippen LogP contribution in [0.15, 0.2) is 27.5 Å². The van der Waals surface area contributed by atoms with E-state index < -0.39 is 0 Å². The highest BCUT2D eigenvalue weighted by Gasteiger charge is 2.27. The van der Waals surface area contributed by atoms with Crippen LogP contribution in [0.2, 0.25) is 0 Å². The van der Waals surface area contributed by atoms with Crippen molar-refractivity contribution < 1.29 is 4.52 Å². The zero-order valence-corrected chi connectivity index (χ0v) is 10.7. The van der Waals surface area contributed by atoms with Crippen LogP contribution in [-0.4, -0.2) is 19.7 Å². The lowest BCUT2D eigenvalue weighted by Crippen LogP contribution is -2.14. The first-order valence-electron chi connectivity index (χ1n) is 6.53. The molecule has 2 heterocycles. The molecule has 1 aliphatic carbocycles. The van der Waals surface area contributed by atoms with E-state index in [4.69, 9.17) is 10.3 Å². The molecule has 0 aliphatic heterocycles. The zero-order valence-electron chi connectivity index (χ0n) is 10.7. The molecular weight excluding hydrogens is 258 g/mol. The normalized spacial score (nSPS) is 15.1. The number of benzene rings is 1. The van der Waals surface area contributed by atoms with Crippen molar-refractivity contribution in [1.82, 2.24) is 19.7 Å². The van der Waals surface area contributed by atoms with E-state index in [-0.39, 0.29) is 12.2 Å². The third-order valence-corrected chi connectivity index (χ3v) is 3.53. The lowest BCUT2D eigenvalue weighted by molar-refractivity contribution is 0.380. The SMILES string of the molecule is NCc1nc(-c2ccc3c(c2)[nH]c(=O)n3C2CC2)no1. The van der Waals surface area contributed by atoms with E-state index >= 15 is 0 Å². The number of nitrogens with one attached hydrogen (secondary N) is 1. The number of nitrogens with zero attached hydrogens (tertiary/aromatic N) is 3. The number of rotatable bonds is 3. The van der Waals surface area contributed by atoms with E-state index in [0.717, 1.165) is 29.4 Å². The van der Waals surface area contributed by atoms with Gasteiger partial charge in [0.15, 0.2) is 0 Å². The molecular formula is C13H13N5O2. The molecule has 0 unspecified atom stereocenters. The molecule has 0 spiro atoms. The summed E-state index contributed by atoms with van der Waals surface area (Å²) in [5.41, 5.74) is 7.90. The van der Waals surface area contributed by atoms with Gasteiger partial charge in [0, 0.05) is 11.6 Å². The maximum atomic E-state index is 12.0. The average molecular weight is 271 g/mol. The Morgan fingerprint density at radius 3 is 3.00 bits per heavy atom. The standard InChI is InChI=1S/C13H13N5O2/c14-6-11-16-12(17-20-11)7-1-4-10-9(5-7)15-13(19)18(10)8-2-3-8/h1,4-5,8H,2-3,6,14H2,(H,15,19). The molecule has 1 fully saturated rings. The first-order valence-corrected chi connectivity index (χ1v) is 6.53. The Bertz CT molecular complexity index is 840. The minimum Gasteiger partial charge on any atom is -0.338 e. The van der Waals surface area contributed by atoms with Crippen LogP contribution in [0.1, 0.15) is 24.8 Å². The summed E-state index contributed by atoms with van der Waals surface area (Å²) in [7, 11) is 0. The molecule has 1 saturated carbocycles. The highest BCUT2D eigenvalue weighted by molar-refractivity contribution is 5.80. The first-order chi connectivity index (χ1) is 9.76. The minimum atomic E-state index is -0.0598. The summed E-state index contributed by atoms with van der Waals surface area (Å²) in [5, 5.41) is 3.88. The summed E-state index contributed by atoms with van der Waals surface area (Å²) in [4.78, 5) is 19.0. The number of hydrogen-bond acceptors (Lipinski definition) is 5. The van der Waals surface area contributed by atoms with Gasteiger partial charge in [0.05, 0.1) is 17.6 Å². The highest BCUT2D eigenvalue weighted by atomic mass is 16.5. The summed E-state index contributed by atoms with van der Waals surface area (Å²) >= 11 is 0. The summed E-state index contributed by atoms with van der Waals surface area (Å²) in [6.45, 7) is 0.212. The molecule has 0 radical (unpaired) electrons. The second kappa shape index (κ2) is 4.04. The van der Waals surface area contributed by atoms with Gasteiger partial charge in [-0.25, -0.2) is 4.79 Å². The second-order valence-electron chi connectivity index (χ2n) is 4.98. The van der Waals surface area contributed by atoms with Crippen molar-refractivity contribution in [2.24, 2.45) is 5.73 Å². The largest absolute Gasteiger partial charge is 0.338 e. The van der Waals surface area contributed by atoms with E-state index in [1.165, 1.54) is 0 Å². The predicted octanol–water partition coefficient (Wildman–Crippen LogP) is 1.17. The Morgan fingerprint density at radius 1 is 1.45 bits per heavy atom. The summed E-state index contributed by atoms with van der Waals surface area (Å²) in [5.74, 6) is 0.872. The van der Waals surface area contributed by atoms with Crippen LogP contribution in [0.3, 0.4) is 0 Å². The topological polar surface area (TPSA) is 103 Å². The Labute approximate surface area is 113 Å². The van der Waals surface area contributed by atoms with Gasteiger partial charge in [0.2, 0.25) is 11.7 Å². The molecule has 2 aromatic heterocycles. The van der Waals surface area contributed by atoms with Crippen molar-refractivity contribution in [2.75, 3.05) is 0 Å². The minimum absolute atomic E-state index is 0.0598. The first kappa shape index (κ1) is 11.4. The van der Waals surface area contributed by atoms with E-state index in [9.17, 15) is 4.79 Å². The van der Waals surface area contributed by atoms with Gasteiger partial charge < -0.3 is 15.2 Å². The third-order valence-electron chi connectivity index (χ3n) is 3.53. The van der Waals surface area contributed by atoms with Gasteiger partial charge in [-0.05, 0) is 31.0 Å². The van der Waals surface area contributed by atoms with E-state index in [1.54, 1.807) is 0 Å². The van der Waals surface area contributed by atoms with Gasteiger partial charge in [-0.2, -0.15) is 4.98 Å². The fraction of sp³-hybridized carbons (Fsp3) is 0.308. The molecule has 0 bridgehead atoms. The highest BCUT2D eigenvalue weighted by Crippen LogP contribution is 2.36. The van der Waals surface area contributed by atoms with Crippen LogP contribution in [0, 0.1) is 0 Å². The van der Waals surface area contributed by atoms with E-state index in [1.807, 2.05) is 22.8 Å². The van der Waals surface area contributed by atoms with Crippen molar-refractivity contribution in [3.63, 3.8) is 0 Å². The van der Waals surface area contributed by atoms with Crippen LogP contribution in [0.4, 0.5) is 0 Å². The average Bonchev–Trinajstić information content (AvgIpc) is 3.06. The molecule has 0 saturated heterocycles. The lowest BCUT2D eigenvalue weighted by atomic mass is 10.2. The molecule has 3 N–H and O–H groups in total. The Morgan fingerprint density at radius 2 is 2.30 bits per heavy atom. The van der Waals surface area contributed by atoms with Gasteiger partial charge in [0.1, 0.15) is 0 Å². The number of imidazole rings is 1. The summed E-state index contributed by atoms with van der Waals surface area (Å²) < 4.78 is 6.81. The lowest BCUT2D eigenvalue weighted by Gasteiger charge is -2.00. The Hall–Kier alpha value is -2.41. The van der Waals surface area contributed by atoms with Crippen molar-refractivity contribution in [3.8, 4) is 11.4 Å². The third kappa shape index (κ3) is 1.67. The molecule has 0 atom stereocenters. The number of H-pyrrole nitrogens is 1. The number of aromatic amines is 1. The monoisotopic (exact) mass is 271 g/mol. The molecule has 1 aromatic carbocycles. The molecule has 1 aliphatic rings. The molecule has 0 amide bonds. The summed E-state index contributed by atoms with van der Waals surface area (Å²) in [6.07, 6.45) is 2.14. The number of aromatic nitrogens is 4. The van der Waals surface area contributed by atoms with Crippen molar-refractivity contribution >= 4 is 11.0 Å². The van der Waals surface area contributed by atoms with Gasteiger partial charge in [-0.15, -0.1) is 0 Å². The van der Waals surface area contributed by atoms with Gasteiger partial charge in [-0.1, -0.05) is 5.16 Å². The number of fused-ring (bicyclic) bond motifs is 1. The summed E-state index contributed by atoms with van der Waals surface area (Å²) in [6, 6.07) is 6.01. The van der Waals surface area contributed by atoms with Crippen LogP contribution < -0.4 is 11.4 Å². The molecule has 7 nitrogen and oxygen atoms in total. The van der Waals surface area contributed by atoms with Gasteiger partial charge in [-0.3, -0.25) is 4.57 Å². The van der Waals surface area contributed by atoms with Crippen LogP contribution in [0.25, 0.3) is 22.4 Å². The molecule has 3 aromatic rings. The smallest absolute Gasteiger partial charge is 0.326 e. The number of hydrogen-bond donors (Lipinski definition) is 2. The van der Waals surface area contributed by atoms with Crippen LogP contribution >= 0.6 is 0 Å².